The molecule has 0 radical (unpaired) electrons. The molecule has 0 aliphatic heterocycles. The van der Waals surface area contributed by atoms with Crippen LogP contribution in [-0.4, -0.2) is 30.6 Å². The van der Waals surface area contributed by atoms with Crippen LogP contribution < -0.4 is 5.73 Å². The van der Waals surface area contributed by atoms with Crippen molar-refractivity contribution in [2.75, 3.05) is 13.6 Å². The molecular formula is C14H30N2. The number of hydrogen-bond acceptors (Lipinski definition) is 2. The lowest BCUT2D eigenvalue weighted by molar-refractivity contribution is 0.126. The first-order valence-corrected chi connectivity index (χ1v) is 6.78. The molecule has 2 heteroatoms. The van der Waals surface area contributed by atoms with Gasteiger partial charge in [0.1, 0.15) is 0 Å². The standard InChI is InChI=1S/C14H30N2/c1-11(14(2,3)4)16(5)10-13(15)12-8-6-7-9-12/h11-13H,6-10,15H2,1-5H3. The van der Waals surface area contributed by atoms with Crippen molar-refractivity contribution in [3.05, 3.63) is 0 Å². The van der Waals surface area contributed by atoms with Gasteiger partial charge in [-0.1, -0.05) is 33.6 Å². The van der Waals surface area contributed by atoms with Crippen molar-refractivity contribution in [3.8, 4) is 0 Å². The van der Waals surface area contributed by atoms with E-state index in [2.05, 4.69) is 39.6 Å². The van der Waals surface area contributed by atoms with Gasteiger partial charge in [-0.2, -0.15) is 0 Å². The summed E-state index contributed by atoms with van der Waals surface area (Å²) in [5.41, 5.74) is 6.66. The van der Waals surface area contributed by atoms with E-state index >= 15 is 0 Å². The van der Waals surface area contributed by atoms with Crippen LogP contribution in [0.25, 0.3) is 0 Å². The smallest absolute Gasteiger partial charge is 0.0196 e. The molecule has 0 saturated heterocycles. The average molecular weight is 226 g/mol. The second-order valence-corrected chi connectivity index (χ2v) is 6.69. The summed E-state index contributed by atoms with van der Waals surface area (Å²) >= 11 is 0. The molecule has 1 fully saturated rings. The van der Waals surface area contributed by atoms with E-state index in [9.17, 15) is 0 Å². The van der Waals surface area contributed by atoms with Crippen molar-refractivity contribution in [2.24, 2.45) is 17.1 Å². The lowest BCUT2D eigenvalue weighted by Gasteiger charge is -2.37. The summed E-state index contributed by atoms with van der Waals surface area (Å²) in [5.74, 6) is 0.773. The fraction of sp³-hybridized carbons (Fsp3) is 1.00. The Balaban J connectivity index is 2.40. The van der Waals surface area contributed by atoms with E-state index in [-0.39, 0.29) is 0 Å². The minimum atomic E-state index is 0.337. The Kier molecular flexibility index (Phi) is 4.81. The molecule has 96 valence electrons. The number of rotatable bonds is 4. The molecule has 1 aliphatic carbocycles. The molecule has 0 spiro atoms. The van der Waals surface area contributed by atoms with Gasteiger partial charge in [0.25, 0.3) is 0 Å². The highest BCUT2D eigenvalue weighted by Crippen LogP contribution is 2.28. The second-order valence-electron chi connectivity index (χ2n) is 6.69. The van der Waals surface area contributed by atoms with Crippen LogP contribution in [0.5, 0.6) is 0 Å². The monoisotopic (exact) mass is 226 g/mol. The van der Waals surface area contributed by atoms with Crippen LogP contribution in [0.15, 0.2) is 0 Å². The fourth-order valence-electron chi connectivity index (χ4n) is 2.69. The predicted molar refractivity (Wildman–Crippen MR) is 71.5 cm³/mol. The van der Waals surface area contributed by atoms with Gasteiger partial charge >= 0.3 is 0 Å². The lowest BCUT2D eigenvalue weighted by Crippen LogP contribution is -2.47. The van der Waals surface area contributed by atoms with Crippen LogP contribution in [-0.2, 0) is 0 Å². The molecule has 2 nitrogen and oxygen atoms in total. The van der Waals surface area contributed by atoms with Gasteiger partial charge in [-0.05, 0) is 38.1 Å². The molecule has 2 atom stereocenters. The highest BCUT2D eigenvalue weighted by Gasteiger charge is 2.28. The maximum absolute atomic E-state index is 6.32. The molecule has 0 aromatic carbocycles. The quantitative estimate of drug-likeness (QED) is 0.798. The van der Waals surface area contributed by atoms with Crippen LogP contribution in [0, 0.1) is 11.3 Å². The van der Waals surface area contributed by atoms with Gasteiger partial charge < -0.3 is 10.6 Å². The minimum absolute atomic E-state index is 0.337. The van der Waals surface area contributed by atoms with Gasteiger partial charge in [-0.3, -0.25) is 0 Å². The summed E-state index contributed by atoms with van der Waals surface area (Å²) in [5, 5.41) is 0. The average Bonchev–Trinajstić information content (AvgIpc) is 2.67. The number of nitrogens with two attached hydrogens (primary N) is 1. The zero-order valence-electron chi connectivity index (χ0n) is 11.8. The van der Waals surface area contributed by atoms with E-state index in [4.69, 9.17) is 5.73 Å². The van der Waals surface area contributed by atoms with Gasteiger partial charge in [0.2, 0.25) is 0 Å². The maximum Gasteiger partial charge on any atom is 0.0196 e. The van der Waals surface area contributed by atoms with Crippen molar-refractivity contribution < 1.29 is 0 Å². The largest absolute Gasteiger partial charge is 0.326 e. The fourth-order valence-corrected chi connectivity index (χ4v) is 2.69. The van der Waals surface area contributed by atoms with Crippen LogP contribution >= 0.6 is 0 Å². The third kappa shape index (κ3) is 3.74. The molecule has 16 heavy (non-hydrogen) atoms. The van der Waals surface area contributed by atoms with Gasteiger partial charge in [-0.15, -0.1) is 0 Å². The van der Waals surface area contributed by atoms with Gasteiger partial charge in [0.15, 0.2) is 0 Å². The molecule has 0 aromatic rings. The zero-order valence-corrected chi connectivity index (χ0v) is 11.8. The predicted octanol–water partition coefficient (Wildman–Crippen LogP) is 2.87. The van der Waals surface area contributed by atoms with Crippen LogP contribution in [0.4, 0.5) is 0 Å². The Morgan fingerprint density at radius 3 is 2.19 bits per heavy atom. The minimum Gasteiger partial charge on any atom is -0.326 e. The van der Waals surface area contributed by atoms with Crippen molar-refractivity contribution in [1.29, 1.82) is 0 Å². The van der Waals surface area contributed by atoms with Crippen molar-refractivity contribution in [2.45, 2.75) is 65.5 Å². The van der Waals surface area contributed by atoms with E-state index < -0.39 is 0 Å². The third-order valence-electron chi connectivity index (χ3n) is 4.42. The van der Waals surface area contributed by atoms with Crippen LogP contribution in [0.1, 0.15) is 53.4 Å². The topological polar surface area (TPSA) is 29.3 Å². The van der Waals surface area contributed by atoms with Crippen LogP contribution in [0.3, 0.4) is 0 Å². The Morgan fingerprint density at radius 1 is 1.25 bits per heavy atom. The molecule has 2 unspecified atom stereocenters. The highest BCUT2D eigenvalue weighted by atomic mass is 15.1. The highest BCUT2D eigenvalue weighted by molar-refractivity contribution is 4.84. The molecule has 2 N–H and O–H groups in total. The number of nitrogens with zero attached hydrogens (tertiary/aromatic N) is 1. The first-order valence-electron chi connectivity index (χ1n) is 6.78. The van der Waals surface area contributed by atoms with Crippen molar-refractivity contribution in [1.82, 2.24) is 4.90 Å². The maximum atomic E-state index is 6.32. The molecule has 1 saturated carbocycles. The second kappa shape index (κ2) is 5.50. The lowest BCUT2D eigenvalue weighted by atomic mass is 9.86. The Labute approximate surface area is 102 Å². The van der Waals surface area contributed by atoms with E-state index in [1.807, 2.05) is 0 Å². The summed E-state index contributed by atoms with van der Waals surface area (Å²) in [6, 6.07) is 0.956. The molecule has 0 heterocycles. The first kappa shape index (κ1) is 14.0. The molecule has 1 aliphatic rings. The Morgan fingerprint density at radius 2 is 1.75 bits per heavy atom. The molecule has 0 amide bonds. The zero-order chi connectivity index (χ0) is 12.3. The first-order chi connectivity index (χ1) is 7.32. The van der Waals surface area contributed by atoms with Crippen molar-refractivity contribution in [3.63, 3.8) is 0 Å². The van der Waals surface area contributed by atoms with Crippen molar-refractivity contribution >= 4 is 0 Å². The van der Waals surface area contributed by atoms with Gasteiger partial charge in [0.05, 0.1) is 0 Å². The Bertz CT molecular complexity index is 201. The summed E-state index contributed by atoms with van der Waals surface area (Å²) in [4.78, 5) is 2.43. The molecule has 1 rings (SSSR count). The summed E-state index contributed by atoms with van der Waals surface area (Å²) in [6.45, 7) is 10.3. The summed E-state index contributed by atoms with van der Waals surface area (Å²) in [6.07, 6.45) is 5.46. The van der Waals surface area contributed by atoms with E-state index in [1.54, 1.807) is 0 Å². The van der Waals surface area contributed by atoms with E-state index in [1.165, 1.54) is 25.7 Å². The Hall–Kier alpha value is -0.0800. The van der Waals surface area contributed by atoms with E-state index in [0.29, 0.717) is 17.5 Å². The third-order valence-corrected chi connectivity index (χ3v) is 4.42. The van der Waals surface area contributed by atoms with Gasteiger partial charge in [-0.25, -0.2) is 0 Å². The molecule has 0 aromatic heterocycles. The molecule has 0 bridgehead atoms. The summed E-state index contributed by atoms with van der Waals surface area (Å²) in [7, 11) is 2.21. The SMILES string of the molecule is CC(N(C)CC(N)C1CCCC1)C(C)(C)C. The normalized spacial score (nSPS) is 22.7. The number of hydrogen-bond donors (Lipinski definition) is 1. The number of likely N-dealkylation sites (N-methyl/N-ethyl adjacent to an activating group) is 1. The van der Waals surface area contributed by atoms with E-state index in [0.717, 1.165) is 12.5 Å². The van der Waals surface area contributed by atoms with Crippen LogP contribution in [0.2, 0.25) is 0 Å². The molecular weight excluding hydrogens is 196 g/mol. The summed E-state index contributed by atoms with van der Waals surface area (Å²) < 4.78 is 0. The van der Waals surface area contributed by atoms with Gasteiger partial charge in [0, 0.05) is 18.6 Å².